The van der Waals surface area contributed by atoms with E-state index in [1.54, 1.807) is 17.7 Å². The van der Waals surface area contributed by atoms with Crippen LogP contribution in [0.25, 0.3) is 20.7 Å². The van der Waals surface area contributed by atoms with Crippen LogP contribution < -0.4 is 0 Å². The number of ether oxygens (including phenoxy) is 1. The first-order valence-electron chi connectivity index (χ1n) is 8.32. The average molecular weight is 373 g/mol. The quantitative estimate of drug-likeness (QED) is 0.247. The number of hydrogen-bond acceptors (Lipinski definition) is 6. The van der Waals surface area contributed by atoms with Crippen molar-refractivity contribution in [3.8, 4) is 10.4 Å². The topological polar surface area (TPSA) is 52.1 Å². The second kappa shape index (κ2) is 8.45. The van der Waals surface area contributed by atoms with Crippen LogP contribution in [0.2, 0.25) is 0 Å². The first-order chi connectivity index (χ1) is 12.2. The molecule has 0 fully saturated rings. The first-order valence-corrected chi connectivity index (χ1v) is 10.0. The monoisotopic (exact) mass is 372 g/mol. The third-order valence-corrected chi connectivity index (χ3v) is 5.90. The molecule has 2 aromatic heterocycles. The predicted molar refractivity (Wildman–Crippen MR) is 104 cm³/mol. The van der Waals surface area contributed by atoms with Gasteiger partial charge in [-0.2, -0.15) is 0 Å². The van der Waals surface area contributed by atoms with Crippen molar-refractivity contribution in [1.82, 2.24) is 9.97 Å². The third kappa shape index (κ3) is 4.38. The number of carbonyl (C=O) groups is 1. The molecule has 25 heavy (non-hydrogen) atoms. The molecular formula is C19H20N2O2S2. The maximum atomic E-state index is 12.1. The van der Waals surface area contributed by atoms with E-state index in [1.807, 2.05) is 25.1 Å². The molecule has 0 saturated carbocycles. The molecule has 0 aliphatic rings. The summed E-state index contributed by atoms with van der Waals surface area (Å²) in [6, 6.07) is 12.3. The molecule has 0 bridgehead atoms. The Morgan fingerprint density at radius 1 is 1.28 bits per heavy atom. The predicted octanol–water partition coefficient (Wildman–Crippen LogP) is 5.18. The van der Waals surface area contributed by atoms with E-state index in [1.165, 1.54) is 11.8 Å². The SMILES string of the molecule is CCCCOC(=O)[C@H](C)Sc1ncnc2sc(-c3ccccc3)cc12. The van der Waals surface area contributed by atoms with Crippen LogP contribution in [-0.4, -0.2) is 27.8 Å². The Morgan fingerprint density at radius 3 is 2.84 bits per heavy atom. The Kier molecular flexibility index (Phi) is 6.04. The van der Waals surface area contributed by atoms with Gasteiger partial charge >= 0.3 is 5.97 Å². The molecule has 2 heterocycles. The number of nitrogens with zero attached hydrogens (tertiary/aromatic N) is 2. The van der Waals surface area contributed by atoms with Crippen molar-refractivity contribution in [2.75, 3.05) is 6.61 Å². The van der Waals surface area contributed by atoms with E-state index in [-0.39, 0.29) is 11.2 Å². The van der Waals surface area contributed by atoms with E-state index in [4.69, 9.17) is 4.74 Å². The van der Waals surface area contributed by atoms with Gasteiger partial charge in [0.25, 0.3) is 0 Å². The first kappa shape index (κ1) is 17.9. The van der Waals surface area contributed by atoms with E-state index in [2.05, 4.69) is 35.1 Å². The lowest BCUT2D eigenvalue weighted by molar-refractivity contribution is -0.142. The Morgan fingerprint density at radius 2 is 2.08 bits per heavy atom. The molecular weight excluding hydrogens is 352 g/mol. The van der Waals surface area contributed by atoms with Crippen molar-refractivity contribution in [2.24, 2.45) is 0 Å². The van der Waals surface area contributed by atoms with Crippen LogP contribution in [0.15, 0.2) is 47.8 Å². The largest absolute Gasteiger partial charge is 0.465 e. The summed E-state index contributed by atoms with van der Waals surface area (Å²) in [4.78, 5) is 22.9. The zero-order valence-corrected chi connectivity index (χ0v) is 15.9. The number of thiophene rings is 1. The minimum Gasteiger partial charge on any atom is -0.465 e. The van der Waals surface area contributed by atoms with E-state index < -0.39 is 0 Å². The molecule has 0 amide bonds. The van der Waals surface area contributed by atoms with E-state index >= 15 is 0 Å². The molecule has 0 spiro atoms. The summed E-state index contributed by atoms with van der Waals surface area (Å²) >= 11 is 3.06. The molecule has 4 nitrogen and oxygen atoms in total. The molecule has 0 aliphatic carbocycles. The fourth-order valence-electron chi connectivity index (χ4n) is 2.32. The molecule has 3 aromatic rings. The average Bonchev–Trinajstić information content (AvgIpc) is 3.08. The summed E-state index contributed by atoms with van der Waals surface area (Å²) in [5.74, 6) is -0.191. The van der Waals surface area contributed by atoms with Crippen molar-refractivity contribution in [1.29, 1.82) is 0 Å². The van der Waals surface area contributed by atoms with Gasteiger partial charge in [0, 0.05) is 10.3 Å². The minimum absolute atomic E-state index is 0.191. The third-order valence-electron chi connectivity index (χ3n) is 3.71. The van der Waals surface area contributed by atoms with E-state index in [9.17, 15) is 4.79 Å². The van der Waals surface area contributed by atoms with Crippen LogP contribution >= 0.6 is 23.1 Å². The summed E-state index contributed by atoms with van der Waals surface area (Å²) in [6.45, 7) is 4.41. The van der Waals surface area contributed by atoms with Gasteiger partial charge in [-0.15, -0.1) is 11.3 Å². The molecule has 0 unspecified atom stereocenters. The summed E-state index contributed by atoms with van der Waals surface area (Å²) in [6.07, 6.45) is 3.47. The Labute approximate surface area is 155 Å². The van der Waals surface area contributed by atoms with Gasteiger partial charge in [0.15, 0.2) is 0 Å². The van der Waals surface area contributed by atoms with Gasteiger partial charge in [-0.25, -0.2) is 9.97 Å². The van der Waals surface area contributed by atoms with Gasteiger partial charge in [0.05, 0.1) is 6.61 Å². The van der Waals surface area contributed by atoms with E-state index in [0.29, 0.717) is 6.61 Å². The number of aromatic nitrogens is 2. The zero-order chi connectivity index (χ0) is 17.6. The standard InChI is InChI=1S/C19H20N2O2S2/c1-3-4-10-23-19(22)13(2)24-17-15-11-16(14-8-6-5-7-9-14)25-18(15)21-12-20-17/h5-9,11-13H,3-4,10H2,1-2H3/t13-/m0/s1. The van der Waals surface area contributed by atoms with E-state index in [0.717, 1.165) is 38.5 Å². The van der Waals surface area contributed by atoms with Crippen molar-refractivity contribution in [2.45, 2.75) is 37.0 Å². The fraction of sp³-hybridized carbons (Fsp3) is 0.316. The van der Waals surface area contributed by atoms with Crippen molar-refractivity contribution in [3.05, 3.63) is 42.7 Å². The van der Waals surface area contributed by atoms with Crippen LogP contribution in [0.4, 0.5) is 0 Å². The molecule has 0 saturated heterocycles. The highest BCUT2D eigenvalue weighted by molar-refractivity contribution is 8.00. The summed E-state index contributed by atoms with van der Waals surface area (Å²) < 4.78 is 5.30. The zero-order valence-electron chi connectivity index (χ0n) is 14.3. The summed E-state index contributed by atoms with van der Waals surface area (Å²) in [5, 5.41) is 1.52. The Hall–Kier alpha value is -1.92. The maximum Gasteiger partial charge on any atom is 0.319 e. The van der Waals surface area contributed by atoms with Crippen LogP contribution in [0.1, 0.15) is 26.7 Å². The van der Waals surface area contributed by atoms with Gasteiger partial charge in [-0.05, 0) is 25.0 Å². The summed E-state index contributed by atoms with van der Waals surface area (Å²) in [5.41, 5.74) is 1.16. The van der Waals surface area contributed by atoms with Gasteiger partial charge in [-0.1, -0.05) is 55.4 Å². The number of unbranched alkanes of at least 4 members (excludes halogenated alkanes) is 1. The smallest absolute Gasteiger partial charge is 0.319 e. The molecule has 3 rings (SSSR count). The number of carbonyl (C=O) groups excluding carboxylic acids is 1. The van der Waals surface area contributed by atoms with Crippen molar-refractivity contribution in [3.63, 3.8) is 0 Å². The Balaban J connectivity index is 1.80. The minimum atomic E-state index is -0.296. The molecule has 6 heteroatoms. The van der Waals surface area contributed by atoms with Crippen LogP contribution in [-0.2, 0) is 9.53 Å². The number of rotatable bonds is 7. The maximum absolute atomic E-state index is 12.1. The lowest BCUT2D eigenvalue weighted by Crippen LogP contribution is -2.17. The highest BCUT2D eigenvalue weighted by atomic mass is 32.2. The molecule has 0 aliphatic heterocycles. The highest BCUT2D eigenvalue weighted by Gasteiger charge is 2.19. The van der Waals surface area contributed by atoms with Crippen molar-refractivity contribution < 1.29 is 9.53 Å². The molecule has 1 atom stereocenters. The van der Waals surface area contributed by atoms with Gasteiger partial charge in [-0.3, -0.25) is 4.79 Å². The second-order valence-corrected chi connectivity index (χ2v) is 8.02. The number of thioether (sulfide) groups is 1. The number of esters is 1. The molecule has 0 N–H and O–H groups in total. The molecule has 130 valence electrons. The lowest BCUT2D eigenvalue weighted by Gasteiger charge is -2.10. The normalized spacial score (nSPS) is 12.2. The second-order valence-electron chi connectivity index (χ2n) is 5.66. The van der Waals surface area contributed by atoms with Crippen LogP contribution in [0, 0.1) is 0 Å². The van der Waals surface area contributed by atoms with Gasteiger partial charge < -0.3 is 4.74 Å². The number of benzene rings is 1. The van der Waals surface area contributed by atoms with Crippen molar-refractivity contribution >= 4 is 39.3 Å². The number of fused-ring (bicyclic) bond motifs is 1. The highest BCUT2D eigenvalue weighted by Crippen LogP contribution is 2.37. The van der Waals surface area contributed by atoms with Crippen LogP contribution in [0.3, 0.4) is 0 Å². The molecule has 0 radical (unpaired) electrons. The van der Waals surface area contributed by atoms with Crippen LogP contribution in [0.5, 0.6) is 0 Å². The summed E-state index contributed by atoms with van der Waals surface area (Å²) in [7, 11) is 0. The fourth-order valence-corrected chi connectivity index (χ4v) is 4.28. The van der Waals surface area contributed by atoms with Gasteiger partial charge in [0.2, 0.25) is 0 Å². The lowest BCUT2D eigenvalue weighted by atomic mass is 10.2. The molecule has 1 aromatic carbocycles. The number of hydrogen-bond donors (Lipinski definition) is 0. The Bertz CT molecular complexity index is 849. The van der Waals surface area contributed by atoms with Gasteiger partial charge in [0.1, 0.15) is 21.4 Å².